The summed E-state index contributed by atoms with van der Waals surface area (Å²) in [5.41, 5.74) is 1.82. The van der Waals surface area contributed by atoms with E-state index in [9.17, 15) is 4.79 Å². The maximum absolute atomic E-state index is 11.8. The third kappa shape index (κ3) is 5.94. The zero-order valence-corrected chi connectivity index (χ0v) is 14.7. The van der Waals surface area contributed by atoms with Gasteiger partial charge in [0.2, 0.25) is 0 Å². The van der Waals surface area contributed by atoms with Gasteiger partial charge in [0.25, 0.3) is 0 Å². The lowest BCUT2D eigenvalue weighted by Gasteiger charge is -2.19. The van der Waals surface area contributed by atoms with Crippen LogP contribution in [0.25, 0.3) is 0 Å². The van der Waals surface area contributed by atoms with Gasteiger partial charge in [-0.05, 0) is 44.9 Å². The number of pyridine rings is 1. The van der Waals surface area contributed by atoms with Crippen LogP contribution in [0.2, 0.25) is 0 Å². The number of benzene rings is 1. The number of hydrogen-bond acceptors (Lipinski definition) is 4. The van der Waals surface area contributed by atoms with E-state index in [4.69, 9.17) is 4.74 Å². The van der Waals surface area contributed by atoms with Crippen molar-refractivity contribution in [1.29, 1.82) is 0 Å². The Balaban J connectivity index is 2.02. The van der Waals surface area contributed by atoms with Gasteiger partial charge in [0.05, 0.1) is 0 Å². The second-order valence-corrected chi connectivity index (χ2v) is 7.25. The maximum Gasteiger partial charge on any atom is 0.413 e. The van der Waals surface area contributed by atoms with Crippen molar-refractivity contribution in [2.75, 3.05) is 5.32 Å². The van der Waals surface area contributed by atoms with Crippen LogP contribution in [0.1, 0.15) is 31.9 Å². The average molecular weight is 330 g/mol. The van der Waals surface area contributed by atoms with E-state index in [0.29, 0.717) is 5.82 Å². The van der Waals surface area contributed by atoms with E-state index in [1.807, 2.05) is 52.0 Å². The van der Waals surface area contributed by atoms with Crippen LogP contribution in [-0.2, 0) is 10.5 Å². The molecule has 0 aliphatic heterocycles. The number of aryl methyl sites for hydroxylation is 1. The molecule has 0 spiro atoms. The molecule has 1 heterocycles. The van der Waals surface area contributed by atoms with Crippen molar-refractivity contribution >= 4 is 23.7 Å². The van der Waals surface area contributed by atoms with Gasteiger partial charge in [-0.15, -0.1) is 11.8 Å². The number of anilines is 1. The van der Waals surface area contributed by atoms with Gasteiger partial charge in [-0.3, -0.25) is 5.32 Å². The van der Waals surface area contributed by atoms with Crippen molar-refractivity contribution in [3.05, 3.63) is 53.7 Å². The van der Waals surface area contributed by atoms with Gasteiger partial charge >= 0.3 is 6.09 Å². The molecule has 0 aliphatic rings. The minimum Gasteiger partial charge on any atom is -0.444 e. The minimum atomic E-state index is -0.528. The van der Waals surface area contributed by atoms with Crippen LogP contribution in [0.3, 0.4) is 0 Å². The van der Waals surface area contributed by atoms with Crippen molar-refractivity contribution in [2.24, 2.45) is 0 Å². The van der Waals surface area contributed by atoms with E-state index in [0.717, 1.165) is 16.2 Å². The molecule has 1 aromatic carbocycles. The highest BCUT2D eigenvalue weighted by Crippen LogP contribution is 2.27. The molecule has 0 unspecified atom stereocenters. The van der Waals surface area contributed by atoms with Crippen LogP contribution in [-0.4, -0.2) is 16.7 Å². The number of amides is 1. The highest BCUT2D eigenvalue weighted by atomic mass is 32.2. The molecule has 1 aromatic heterocycles. The third-order valence-electron chi connectivity index (χ3n) is 2.92. The Bertz CT molecular complexity index is 666. The Hall–Kier alpha value is -2.01. The van der Waals surface area contributed by atoms with Crippen molar-refractivity contribution in [1.82, 2.24) is 4.98 Å². The predicted octanol–water partition coefficient (Wildman–Crippen LogP) is 5.03. The van der Waals surface area contributed by atoms with E-state index in [1.165, 1.54) is 5.56 Å². The molecular weight excluding hydrogens is 308 g/mol. The van der Waals surface area contributed by atoms with Crippen LogP contribution < -0.4 is 5.32 Å². The Morgan fingerprint density at radius 2 is 1.96 bits per heavy atom. The minimum absolute atomic E-state index is 0.493. The van der Waals surface area contributed by atoms with Gasteiger partial charge in [-0.25, -0.2) is 9.78 Å². The summed E-state index contributed by atoms with van der Waals surface area (Å²) in [6.07, 6.45) is 1.27. The van der Waals surface area contributed by atoms with Gasteiger partial charge < -0.3 is 4.74 Å². The summed E-state index contributed by atoms with van der Waals surface area (Å²) in [5.74, 6) is 1.37. The van der Waals surface area contributed by atoms with E-state index >= 15 is 0 Å². The Labute approximate surface area is 141 Å². The van der Waals surface area contributed by atoms with E-state index < -0.39 is 11.7 Å². The van der Waals surface area contributed by atoms with Crippen LogP contribution in [0.15, 0.2) is 47.5 Å². The summed E-state index contributed by atoms with van der Waals surface area (Å²) in [5, 5.41) is 2.68. The van der Waals surface area contributed by atoms with Crippen molar-refractivity contribution in [2.45, 2.75) is 43.9 Å². The topological polar surface area (TPSA) is 51.2 Å². The molecule has 0 fully saturated rings. The molecule has 2 rings (SSSR count). The molecular formula is C18H22N2O2S. The first-order chi connectivity index (χ1) is 10.8. The third-order valence-corrected chi connectivity index (χ3v) is 4.15. The number of aromatic nitrogens is 1. The first kappa shape index (κ1) is 17.3. The molecule has 0 atom stereocenters. The first-order valence-corrected chi connectivity index (χ1v) is 8.45. The molecule has 0 aliphatic carbocycles. The molecule has 0 radical (unpaired) electrons. The highest BCUT2D eigenvalue weighted by Gasteiger charge is 2.16. The quantitative estimate of drug-likeness (QED) is 0.799. The molecule has 122 valence electrons. The van der Waals surface area contributed by atoms with Crippen molar-refractivity contribution in [3.63, 3.8) is 0 Å². The van der Waals surface area contributed by atoms with E-state index in [-0.39, 0.29) is 0 Å². The number of carbonyl (C=O) groups is 1. The second-order valence-electron chi connectivity index (χ2n) is 6.24. The summed E-state index contributed by atoms with van der Waals surface area (Å²) in [4.78, 5) is 17.2. The SMILES string of the molecule is Cc1cnc(NC(=O)OC(C)(C)C)cc1SCc1ccccc1. The molecule has 4 nitrogen and oxygen atoms in total. The lowest BCUT2D eigenvalue weighted by molar-refractivity contribution is 0.0635. The summed E-state index contributed by atoms with van der Waals surface area (Å²) in [7, 11) is 0. The fourth-order valence-electron chi connectivity index (χ4n) is 1.87. The van der Waals surface area contributed by atoms with Gasteiger partial charge in [0.1, 0.15) is 11.4 Å². The summed E-state index contributed by atoms with van der Waals surface area (Å²) >= 11 is 1.72. The van der Waals surface area contributed by atoms with Gasteiger partial charge in [0.15, 0.2) is 0 Å². The van der Waals surface area contributed by atoms with Crippen LogP contribution >= 0.6 is 11.8 Å². The molecule has 0 saturated carbocycles. The summed E-state index contributed by atoms with van der Waals surface area (Å²) in [6.45, 7) is 7.50. The maximum atomic E-state index is 11.8. The second kappa shape index (κ2) is 7.51. The first-order valence-electron chi connectivity index (χ1n) is 7.47. The fraction of sp³-hybridized carbons (Fsp3) is 0.333. The number of rotatable bonds is 4. The van der Waals surface area contributed by atoms with Crippen LogP contribution in [0.5, 0.6) is 0 Å². The number of nitrogens with zero attached hydrogens (tertiary/aromatic N) is 1. The lowest BCUT2D eigenvalue weighted by Crippen LogP contribution is -2.27. The summed E-state index contributed by atoms with van der Waals surface area (Å²) in [6, 6.07) is 12.2. The Morgan fingerprint density at radius 1 is 1.26 bits per heavy atom. The summed E-state index contributed by atoms with van der Waals surface area (Å²) < 4.78 is 5.24. The monoisotopic (exact) mass is 330 g/mol. The van der Waals surface area contributed by atoms with Gasteiger partial charge in [-0.1, -0.05) is 30.3 Å². The predicted molar refractivity (Wildman–Crippen MR) is 94.8 cm³/mol. The molecule has 2 aromatic rings. The number of nitrogens with one attached hydrogen (secondary N) is 1. The highest BCUT2D eigenvalue weighted by molar-refractivity contribution is 7.98. The van der Waals surface area contributed by atoms with Crippen molar-refractivity contribution < 1.29 is 9.53 Å². The number of thioether (sulfide) groups is 1. The number of carbonyl (C=O) groups excluding carboxylic acids is 1. The molecule has 5 heteroatoms. The number of hydrogen-bond donors (Lipinski definition) is 1. The van der Waals surface area contributed by atoms with Gasteiger partial charge in [-0.2, -0.15) is 0 Å². The van der Waals surface area contributed by atoms with Crippen LogP contribution in [0.4, 0.5) is 10.6 Å². The van der Waals surface area contributed by atoms with E-state index in [1.54, 1.807) is 18.0 Å². The molecule has 23 heavy (non-hydrogen) atoms. The smallest absolute Gasteiger partial charge is 0.413 e. The fourth-order valence-corrected chi connectivity index (χ4v) is 2.86. The number of ether oxygens (including phenoxy) is 1. The lowest BCUT2D eigenvalue weighted by atomic mass is 10.2. The molecule has 0 bridgehead atoms. The van der Waals surface area contributed by atoms with Crippen LogP contribution in [0, 0.1) is 6.92 Å². The van der Waals surface area contributed by atoms with Gasteiger partial charge in [0, 0.05) is 16.8 Å². The zero-order chi connectivity index (χ0) is 16.9. The standard InChI is InChI=1S/C18H22N2O2S/c1-13-11-19-16(20-17(21)22-18(2,3)4)10-15(13)23-12-14-8-6-5-7-9-14/h5-11H,12H2,1-4H3,(H,19,20,21). The Kier molecular flexibility index (Phi) is 5.66. The Morgan fingerprint density at radius 3 is 2.61 bits per heavy atom. The molecule has 1 N–H and O–H groups in total. The van der Waals surface area contributed by atoms with Crippen molar-refractivity contribution in [3.8, 4) is 0 Å². The normalized spacial score (nSPS) is 11.1. The average Bonchev–Trinajstić information content (AvgIpc) is 2.47. The zero-order valence-electron chi connectivity index (χ0n) is 13.9. The largest absolute Gasteiger partial charge is 0.444 e. The molecule has 0 saturated heterocycles. The molecule has 1 amide bonds. The van der Waals surface area contributed by atoms with E-state index in [2.05, 4.69) is 22.4 Å².